The summed E-state index contributed by atoms with van der Waals surface area (Å²) < 4.78 is 18.8. The normalized spacial score (nSPS) is 17.6. The first-order chi connectivity index (χ1) is 14.6. The van der Waals surface area contributed by atoms with Crippen LogP contribution in [-0.2, 0) is 16.1 Å². The van der Waals surface area contributed by atoms with Crippen molar-refractivity contribution in [3.8, 4) is 0 Å². The summed E-state index contributed by atoms with van der Waals surface area (Å²) in [6.45, 7) is 4.94. The molecule has 0 aromatic heterocycles. The van der Waals surface area contributed by atoms with Crippen molar-refractivity contribution in [2.45, 2.75) is 19.0 Å². The quantitative estimate of drug-likeness (QED) is 0.760. The average molecular weight is 411 g/mol. The first kappa shape index (κ1) is 20.5. The van der Waals surface area contributed by atoms with Crippen LogP contribution in [0.4, 0.5) is 4.39 Å². The summed E-state index contributed by atoms with van der Waals surface area (Å²) in [5.74, 6) is -0.564. The molecule has 158 valence electrons. The molecular formula is C23H26FN3O3. The van der Waals surface area contributed by atoms with Gasteiger partial charge in [-0.2, -0.15) is 0 Å². The molecule has 2 aliphatic heterocycles. The van der Waals surface area contributed by atoms with E-state index in [0.717, 1.165) is 44.0 Å². The van der Waals surface area contributed by atoms with Gasteiger partial charge in [0, 0.05) is 38.3 Å². The van der Waals surface area contributed by atoms with Crippen LogP contribution in [0.2, 0.25) is 0 Å². The molecule has 2 aliphatic rings. The maximum atomic E-state index is 13.5. The molecule has 2 amide bonds. The summed E-state index contributed by atoms with van der Waals surface area (Å²) in [7, 11) is 0. The number of hydrogen-bond donors (Lipinski definition) is 1. The Labute approximate surface area is 175 Å². The second-order valence-corrected chi connectivity index (χ2v) is 7.67. The van der Waals surface area contributed by atoms with E-state index < -0.39 is 6.04 Å². The molecule has 6 nitrogen and oxygen atoms in total. The molecule has 0 radical (unpaired) electrons. The minimum Gasteiger partial charge on any atom is -0.379 e. The summed E-state index contributed by atoms with van der Waals surface area (Å²) in [6, 6.07) is 13.1. The van der Waals surface area contributed by atoms with Gasteiger partial charge in [-0.15, -0.1) is 0 Å². The number of ether oxygens (including phenoxy) is 1. The highest BCUT2D eigenvalue weighted by Gasteiger charge is 2.34. The van der Waals surface area contributed by atoms with E-state index in [0.29, 0.717) is 18.7 Å². The van der Waals surface area contributed by atoms with Gasteiger partial charge in [0.1, 0.15) is 5.82 Å². The topological polar surface area (TPSA) is 61.9 Å². The molecule has 2 aromatic carbocycles. The molecule has 0 aliphatic carbocycles. The molecule has 2 heterocycles. The molecular weight excluding hydrogens is 385 g/mol. The Morgan fingerprint density at radius 1 is 1.10 bits per heavy atom. The van der Waals surface area contributed by atoms with Gasteiger partial charge in [0.25, 0.3) is 5.91 Å². The molecule has 4 rings (SSSR count). The van der Waals surface area contributed by atoms with E-state index in [1.807, 2.05) is 24.3 Å². The van der Waals surface area contributed by atoms with Crippen LogP contribution in [0.1, 0.15) is 33.9 Å². The predicted molar refractivity (Wildman–Crippen MR) is 110 cm³/mol. The molecule has 1 fully saturated rings. The van der Waals surface area contributed by atoms with Crippen molar-refractivity contribution in [3.63, 3.8) is 0 Å². The van der Waals surface area contributed by atoms with Crippen molar-refractivity contribution in [2.24, 2.45) is 0 Å². The van der Waals surface area contributed by atoms with Crippen molar-refractivity contribution in [2.75, 3.05) is 39.4 Å². The number of amides is 2. The second-order valence-electron chi connectivity index (χ2n) is 7.67. The van der Waals surface area contributed by atoms with Crippen molar-refractivity contribution >= 4 is 11.8 Å². The van der Waals surface area contributed by atoms with E-state index in [2.05, 4.69) is 10.2 Å². The van der Waals surface area contributed by atoms with E-state index in [-0.39, 0.29) is 24.1 Å². The number of benzene rings is 2. The molecule has 1 saturated heterocycles. The number of hydrogen-bond acceptors (Lipinski definition) is 4. The van der Waals surface area contributed by atoms with Gasteiger partial charge >= 0.3 is 0 Å². The highest BCUT2D eigenvalue weighted by Crippen LogP contribution is 2.33. The molecule has 1 atom stereocenters. The van der Waals surface area contributed by atoms with Crippen molar-refractivity contribution in [1.82, 2.24) is 15.1 Å². The minimum atomic E-state index is -0.450. The Kier molecular flexibility index (Phi) is 6.40. The number of carbonyl (C=O) groups is 2. The Balaban J connectivity index is 1.44. The number of rotatable bonds is 7. The highest BCUT2D eigenvalue weighted by atomic mass is 19.1. The van der Waals surface area contributed by atoms with Crippen molar-refractivity contribution in [1.29, 1.82) is 0 Å². The van der Waals surface area contributed by atoms with E-state index in [4.69, 9.17) is 4.74 Å². The molecule has 7 heteroatoms. The summed E-state index contributed by atoms with van der Waals surface area (Å²) in [5, 5.41) is 2.97. The Morgan fingerprint density at radius 3 is 2.57 bits per heavy atom. The van der Waals surface area contributed by atoms with E-state index >= 15 is 0 Å². The Hall–Kier alpha value is -2.77. The lowest BCUT2D eigenvalue weighted by Crippen LogP contribution is -2.42. The van der Waals surface area contributed by atoms with Crippen LogP contribution >= 0.6 is 0 Å². The van der Waals surface area contributed by atoms with Gasteiger partial charge in [0.2, 0.25) is 5.91 Å². The molecule has 0 saturated carbocycles. The van der Waals surface area contributed by atoms with Gasteiger partial charge < -0.3 is 15.0 Å². The minimum absolute atomic E-state index is 0.0963. The summed E-state index contributed by atoms with van der Waals surface area (Å²) in [6.07, 6.45) is 0.133. The van der Waals surface area contributed by atoms with E-state index in [1.54, 1.807) is 17.0 Å². The maximum Gasteiger partial charge on any atom is 0.255 e. The zero-order valence-corrected chi connectivity index (χ0v) is 16.9. The van der Waals surface area contributed by atoms with Gasteiger partial charge in [-0.3, -0.25) is 14.5 Å². The lowest BCUT2D eigenvalue weighted by atomic mass is 10.0. The lowest BCUT2D eigenvalue weighted by Gasteiger charge is -2.29. The van der Waals surface area contributed by atoms with Crippen LogP contribution in [0.3, 0.4) is 0 Å². The zero-order chi connectivity index (χ0) is 20.9. The average Bonchev–Trinajstić information content (AvgIpc) is 3.10. The van der Waals surface area contributed by atoms with Crippen LogP contribution < -0.4 is 5.32 Å². The number of morpholine rings is 1. The van der Waals surface area contributed by atoms with E-state index in [9.17, 15) is 14.0 Å². The van der Waals surface area contributed by atoms with Crippen LogP contribution in [0.5, 0.6) is 0 Å². The predicted octanol–water partition coefficient (Wildman–Crippen LogP) is 2.36. The summed E-state index contributed by atoms with van der Waals surface area (Å²) >= 11 is 0. The number of nitrogens with one attached hydrogen (secondary N) is 1. The fraction of sp³-hybridized carbons (Fsp3) is 0.391. The number of carbonyl (C=O) groups excluding carboxylic acids is 2. The van der Waals surface area contributed by atoms with Gasteiger partial charge in [-0.05, 0) is 29.3 Å². The molecule has 0 bridgehead atoms. The standard InChI is InChI=1S/C23H26FN3O3/c24-19-7-5-17(6-8-19)21(27-16-18-3-1-2-4-20(18)23(27)29)15-22(28)25-9-10-26-11-13-30-14-12-26/h1-8,21H,9-16H2,(H,25,28)/t21-/m1/s1. The third-order valence-corrected chi connectivity index (χ3v) is 5.71. The number of fused-ring (bicyclic) bond motifs is 1. The third kappa shape index (κ3) is 4.68. The first-order valence-electron chi connectivity index (χ1n) is 10.3. The number of halogens is 1. The lowest BCUT2D eigenvalue weighted by molar-refractivity contribution is -0.122. The second kappa shape index (κ2) is 9.36. The van der Waals surface area contributed by atoms with Crippen LogP contribution in [-0.4, -0.2) is 61.0 Å². The summed E-state index contributed by atoms with van der Waals surface area (Å²) in [4.78, 5) is 29.6. The largest absolute Gasteiger partial charge is 0.379 e. The SMILES string of the molecule is O=C(C[C@H](c1ccc(F)cc1)N1Cc2ccccc2C1=O)NCCN1CCOCC1. The third-order valence-electron chi connectivity index (χ3n) is 5.71. The van der Waals surface area contributed by atoms with Crippen LogP contribution in [0, 0.1) is 5.82 Å². The first-order valence-corrected chi connectivity index (χ1v) is 10.3. The molecule has 1 N–H and O–H groups in total. The Morgan fingerprint density at radius 2 is 1.83 bits per heavy atom. The van der Waals surface area contributed by atoms with Gasteiger partial charge in [-0.1, -0.05) is 30.3 Å². The molecule has 2 aromatic rings. The van der Waals surface area contributed by atoms with Gasteiger partial charge in [0.15, 0.2) is 0 Å². The smallest absolute Gasteiger partial charge is 0.255 e. The fourth-order valence-electron chi connectivity index (χ4n) is 4.05. The van der Waals surface area contributed by atoms with Gasteiger partial charge in [0.05, 0.1) is 25.7 Å². The maximum absolute atomic E-state index is 13.5. The fourth-order valence-corrected chi connectivity index (χ4v) is 4.05. The zero-order valence-electron chi connectivity index (χ0n) is 16.9. The van der Waals surface area contributed by atoms with Crippen molar-refractivity contribution in [3.05, 3.63) is 71.0 Å². The van der Waals surface area contributed by atoms with Crippen molar-refractivity contribution < 1.29 is 18.7 Å². The van der Waals surface area contributed by atoms with E-state index in [1.165, 1.54) is 12.1 Å². The number of nitrogens with zero attached hydrogens (tertiary/aromatic N) is 2. The molecule has 0 unspecified atom stereocenters. The highest BCUT2D eigenvalue weighted by molar-refractivity contribution is 5.98. The molecule has 30 heavy (non-hydrogen) atoms. The van der Waals surface area contributed by atoms with Crippen LogP contribution in [0.25, 0.3) is 0 Å². The molecule has 0 spiro atoms. The Bertz CT molecular complexity index is 897. The monoisotopic (exact) mass is 411 g/mol. The summed E-state index contributed by atoms with van der Waals surface area (Å²) in [5.41, 5.74) is 2.36. The van der Waals surface area contributed by atoms with Crippen LogP contribution in [0.15, 0.2) is 48.5 Å². The van der Waals surface area contributed by atoms with Gasteiger partial charge in [-0.25, -0.2) is 4.39 Å².